The number of hydrogen-bond donors (Lipinski definition) is 0. The van der Waals surface area contributed by atoms with Crippen LogP contribution >= 0.6 is 0 Å². The van der Waals surface area contributed by atoms with Crippen LogP contribution in [0.1, 0.15) is 0 Å². The van der Waals surface area contributed by atoms with E-state index >= 15 is 0 Å². The molecule has 0 aliphatic carbocycles. The zero-order valence-corrected chi connectivity index (χ0v) is 20.1. The van der Waals surface area contributed by atoms with Crippen molar-refractivity contribution in [1.29, 1.82) is 0 Å². The Hall–Kier alpha value is -3.60. The van der Waals surface area contributed by atoms with Crippen LogP contribution in [0.2, 0.25) is 0 Å². The van der Waals surface area contributed by atoms with Crippen molar-refractivity contribution < 1.29 is 33.3 Å². The van der Waals surface area contributed by atoms with Gasteiger partial charge in [0.15, 0.2) is 0 Å². The Morgan fingerprint density at radius 1 is 0.618 bits per heavy atom. The van der Waals surface area contributed by atoms with Crippen molar-refractivity contribution in [2.45, 2.75) is 0 Å². The second-order valence-corrected chi connectivity index (χ2v) is 6.95. The molecule has 0 amide bonds. The van der Waals surface area contributed by atoms with Gasteiger partial charge < -0.3 is 9.97 Å². The van der Waals surface area contributed by atoms with Crippen LogP contribution in [-0.4, -0.2) is 9.97 Å². The molecule has 171 valence electrons. The zero-order chi connectivity index (χ0) is 23.0. The molecule has 0 atom stereocenters. The Balaban J connectivity index is 0.000000212. The number of rotatable bonds is 3. The molecule has 34 heavy (non-hydrogen) atoms. The predicted molar refractivity (Wildman–Crippen MR) is 122 cm³/mol. The fraction of sp³-hybridized carbons (Fsp3) is 0. The molecule has 0 N–H and O–H groups in total. The third kappa shape index (κ3) is 6.25. The summed E-state index contributed by atoms with van der Waals surface area (Å²) in [6.07, 6.45) is 3.32. The second kappa shape index (κ2) is 12.0. The van der Waals surface area contributed by atoms with Crippen molar-refractivity contribution >= 4 is 0 Å². The molecule has 0 bridgehead atoms. The van der Waals surface area contributed by atoms with E-state index in [-0.39, 0.29) is 25.7 Å². The standard InChI is InChI=1S/C17H9F3N.C11H8N.Ir/c18-14-8-13(9-15(19)17(14)20)16-10-12(6-7-21-16)11-4-2-1-3-5-11;1-2-6-10(7-3-1)11-8-4-5-9-12-11;/h1-8,10H;1-6,8-9H;/q2*-1;. The van der Waals surface area contributed by atoms with E-state index in [1.54, 1.807) is 18.3 Å². The third-order valence-corrected chi connectivity index (χ3v) is 4.71. The van der Waals surface area contributed by atoms with E-state index in [2.05, 4.69) is 22.1 Å². The monoisotopic (exact) mass is 631 g/mol. The first-order chi connectivity index (χ1) is 16.1. The second-order valence-electron chi connectivity index (χ2n) is 6.95. The fourth-order valence-corrected chi connectivity index (χ4v) is 3.10. The number of hydrogen-bond acceptors (Lipinski definition) is 2. The van der Waals surface area contributed by atoms with Gasteiger partial charge in [-0.15, -0.1) is 53.6 Å². The summed E-state index contributed by atoms with van der Waals surface area (Å²) >= 11 is 0. The molecule has 0 aliphatic heterocycles. The largest absolute Gasteiger partial charge is 0.305 e. The van der Waals surface area contributed by atoms with Gasteiger partial charge in [0.25, 0.3) is 0 Å². The molecule has 0 fully saturated rings. The van der Waals surface area contributed by atoms with Gasteiger partial charge in [-0.3, -0.25) is 4.39 Å². The van der Waals surface area contributed by atoms with E-state index in [9.17, 15) is 13.2 Å². The Morgan fingerprint density at radius 3 is 2.03 bits per heavy atom. The molecule has 1 radical (unpaired) electrons. The number of halogens is 3. The van der Waals surface area contributed by atoms with Crippen molar-refractivity contribution in [3.05, 3.63) is 133 Å². The van der Waals surface area contributed by atoms with Crippen molar-refractivity contribution in [1.82, 2.24) is 9.97 Å². The Bertz CT molecular complexity index is 1270. The molecule has 0 aliphatic rings. The molecule has 5 rings (SSSR count). The van der Waals surface area contributed by atoms with Crippen LogP contribution in [-0.2, 0) is 20.1 Å². The molecular weight excluding hydrogens is 614 g/mol. The molecule has 0 saturated heterocycles. The summed E-state index contributed by atoms with van der Waals surface area (Å²) < 4.78 is 39.5. The molecular formula is C28H17F3IrN2-2. The summed E-state index contributed by atoms with van der Waals surface area (Å²) in [4.78, 5) is 8.28. The van der Waals surface area contributed by atoms with Gasteiger partial charge in [0.05, 0.1) is 11.6 Å². The third-order valence-electron chi connectivity index (χ3n) is 4.71. The van der Waals surface area contributed by atoms with Gasteiger partial charge >= 0.3 is 0 Å². The molecule has 5 aromatic rings. The molecule has 6 heteroatoms. The zero-order valence-electron chi connectivity index (χ0n) is 17.7. The number of benzene rings is 3. The first-order valence-electron chi connectivity index (χ1n) is 10.1. The van der Waals surface area contributed by atoms with Gasteiger partial charge in [-0.25, -0.2) is 8.78 Å². The van der Waals surface area contributed by atoms with Crippen LogP contribution in [0.4, 0.5) is 13.2 Å². The average Bonchev–Trinajstić information content (AvgIpc) is 2.89. The molecule has 0 spiro atoms. The average molecular weight is 631 g/mol. The number of pyridine rings is 2. The minimum absolute atomic E-state index is 0. The Kier molecular flexibility index (Phi) is 8.86. The maximum Gasteiger partial charge on any atom is 0.108 e. The summed E-state index contributed by atoms with van der Waals surface area (Å²) in [7, 11) is 0. The summed E-state index contributed by atoms with van der Waals surface area (Å²) in [5, 5.41) is 0. The van der Waals surface area contributed by atoms with Gasteiger partial charge in [-0.1, -0.05) is 48.5 Å². The van der Waals surface area contributed by atoms with E-state index in [1.807, 2.05) is 72.8 Å². The molecule has 2 aromatic heterocycles. The molecule has 0 unspecified atom stereocenters. The van der Waals surface area contributed by atoms with Crippen molar-refractivity contribution in [3.8, 4) is 33.6 Å². The SMILES string of the molecule is Fc1[c-]c(-c2cc(-c3ccccc3)ccn2)cc(F)c1F.[Ir].[c-]1ccccc1-c1ccccn1. The van der Waals surface area contributed by atoms with Crippen LogP contribution in [0, 0.1) is 29.6 Å². The van der Waals surface area contributed by atoms with E-state index in [0.29, 0.717) is 5.69 Å². The van der Waals surface area contributed by atoms with Gasteiger partial charge in [-0.2, -0.15) is 0 Å². The minimum Gasteiger partial charge on any atom is -0.305 e. The summed E-state index contributed by atoms with van der Waals surface area (Å²) in [6.45, 7) is 0. The maximum atomic E-state index is 13.3. The summed E-state index contributed by atoms with van der Waals surface area (Å²) in [5.41, 5.74) is 4.21. The van der Waals surface area contributed by atoms with Gasteiger partial charge in [0.1, 0.15) is 5.82 Å². The fourth-order valence-electron chi connectivity index (χ4n) is 3.10. The molecule has 0 saturated carbocycles. The van der Waals surface area contributed by atoms with Gasteiger partial charge in [0, 0.05) is 32.5 Å². The van der Waals surface area contributed by atoms with Gasteiger partial charge in [0.2, 0.25) is 0 Å². The summed E-state index contributed by atoms with van der Waals surface area (Å²) in [5.74, 6) is -4.14. The van der Waals surface area contributed by atoms with Crippen LogP contribution in [0.25, 0.3) is 33.6 Å². The molecule has 2 heterocycles. The number of nitrogens with zero attached hydrogens (tertiary/aromatic N) is 2. The first kappa shape index (κ1) is 25.0. The van der Waals surface area contributed by atoms with Crippen LogP contribution in [0.5, 0.6) is 0 Å². The quantitative estimate of drug-likeness (QED) is 0.156. The smallest absolute Gasteiger partial charge is 0.108 e. The van der Waals surface area contributed by atoms with Crippen LogP contribution in [0.15, 0.2) is 103 Å². The topological polar surface area (TPSA) is 25.8 Å². The van der Waals surface area contributed by atoms with Crippen LogP contribution in [0.3, 0.4) is 0 Å². The normalized spacial score (nSPS) is 9.97. The Morgan fingerprint density at radius 2 is 1.35 bits per heavy atom. The predicted octanol–water partition coefficient (Wildman–Crippen LogP) is 7.18. The van der Waals surface area contributed by atoms with E-state index in [1.165, 1.54) is 6.20 Å². The van der Waals surface area contributed by atoms with E-state index < -0.39 is 17.5 Å². The van der Waals surface area contributed by atoms with E-state index in [0.717, 1.165) is 28.5 Å². The van der Waals surface area contributed by atoms with Crippen molar-refractivity contribution in [3.63, 3.8) is 0 Å². The van der Waals surface area contributed by atoms with Crippen LogP contribution < -0.4 is 0 Å². The minimum atomic E-state index is -1.53. The molecule has 3 aromatic carbocycles. The van der Waals surface area contributed by atoms with Crippen molar-refractivity contribution in [2.75, 3.05) is 0 Å². The van der Waals surface area contributed by atoms with Gasteiger partial charge in [-0.05, 0) is 34.6 Å². The van der Waals surface area contributed by atoms with Crippen molar-refractivity contribution in [2.24, 2.45) is 0 Å². The molecule has 2 nitrogen and oxygen atoms in total. The maximum absolute atomic E-state index is 13.3. The number of aromatic nitrogens is 2. The Labute approximate surface area is 209 Å². The summed E-state index contributed by atoms with van der Waals surface area (Å²) in [6, 6.07) is 32.8. The van der Waals surface area contributed by atoms with E-state index in [4.69, 9.17) is 0 Å². The first-order valence-corrected chi connectivity index (χ1v) is 10.1.